The summed E-state index contributed by atoms with van der Waals surface area (Å²) in [4.78, 5) is 37.4. The molecule has 2 heterocycles. The fourth-order valence-electron chi connectivity index (χ4n) is 3.01. The lowest BCUT2D eigenvalue weighted by atomic mass is 10.1. The quantitative estimate of drug-likeness (QED) is 0.764. The molecule has 0 aliphatic carbocycles. The van der Waals surface area contributed by atoms with Crippen LogP contribution in [0.25, 0.3) is 11.0 Å². The smallest absolute Gasteiger partial charge is 0.409 e. The minimum absolute atomic E-state index is 0.00723. The number of fused-ring (bicyclic) bond motifs is 1. The molecule has 8 nitrogen and oxygen atoms in total. The number of halogens is 1. The Balaban J connectivity index is 1.44. The topological polar surface area (TPSA) is 98.1 Å². The number of nitrogens with zero attached hydrogens (tertiary/aromatic N) is 1. The Bertz CT molecular complexity index is 872. The van der Waals surface area contributed by atoms with Gasteiger partial charge in [0, 0.05) is 29.5 Å². The van der Waals surface area contributed by atoms with Crippen molar-refractivity contribution in [2.45, 2.75) is 25.8 Å². The molecule has 0 atom stereocenters. The Kier molecular flexibility index (Phi) is 6.41. The van der Waals surface area contributed by atoms with Gasteiger partial charge < -0.3 is 24.1 Å². The summed E-state index contributed by atoms with van der Waals surface area (Å²) < 4.78 is 15.4. The molecule has 0 unspecified atom stereocenters. The van der Waals surface area contributed by atoms with Gasteiger partial charge in [-0.2, -0.15) is 0 Å². The summed E-state index contributed by atoms with van der Waals surface area (Å²) in [7, 11) is 0. The number of esters is 1. The van der Waals surface area contributed by atoms with Crippen LogP contribution in [0.15, 0.2) is 28.7 Å². The molecule has 150 valence electrons. The Labute approximate surface area is 166 Å². The molecule has 1 aliphatic heterocycles. The normalized spacial score (nSPS) is 14.7. The van der Waals surface area contributed by atoms with Crippen LogP contribution < -0.4 is 5.32 Å². The summed E-state index contributed by atoms with van der Waals surface area (Å²) in [5, 5.41) is 4.02. The molecule has 1 aromatic heterocycles. The zero-order chi connectivity index (χ0) is 20.1. The molecule has 1 N–H and O–H groups in total. The van der Waals surface area contributed by atoms with Gasteiger partial charge in [-0.3, -0.25) is 4.79 Å². The maximum atomic E-state index is 12.1. The zero-order valence-corrected chi connectivity index (χ0v) is 16.2. The lowest BCUT2D eigenvalue weighted by Crippen LogP contribution is -2.47. The molecule has 1 aliphatic rings. The van der Waals surface area contributed by atoms with E-state index in [0.29, 0.717) is 48.5 Å². The predicted molar refractivity (Wildman–Crippen MR) is 101 cm³/mol. The third kappa shape index (κ3) is 4.95. The van der Waals surface area contributed by atoms with E-state index in [0.717, 1.165) is 0 Å². The van der Waals surface area contributed by atoms with Gasteiger partial charge in [0.2, 0.25) is 5.76 Å². The first kappa shape index (κ1) is 20.0. The second-order valence-corrected chi connectivity index (χ2v) is 6.83. The van der Waals surface area contributed by atoms with E-state index >= 15 is 0 Å². The molecular weight excluding hydrogens is 388 g/mol. The number of piperidine rings is 1. The van der Waals surface area contributed by atoms with E-state index in [1.54, 1.807) is 30.0 Å². The van der Waals surface area contributed by atoms with Gasteiger partial charge in [-0.15, -0.1) is 0 Å². The number of amides is 2. The third-order valence-electron chi connectivity index (χ3n) is 4.40. The predicted octanol–water partition coefficient (Wildman–Crippen LogP) is 2.98. The molecule has 0 radical (unpaired) electrons. The molecule has 9 heteroatoms. The number of likely N-dealkylation sites (tertiary alicyclic amines) is 1. The van der Waals surface area contributed by atoms with Gasteiger partial charge in [-0.25, -0.2) is 9.59 Å². The van der Waals surface area contributed by atoms with E-state index in [1.165, 1.54) is 6.07 Å². The van der Waals surface area contributed by atoms with Gasteiger partial charge in [0.25, 0.3) is 5.91 Å². The number of carbonyl (C=O) groups is 3. The molecule has 0 saturated carbocycles. The Morgan fingerprint density at radius 3 is 2.68 bits per heavy atom. The Hall–Kier alpha value is -2.74. The summed E-state index contributed by atoms with van der Waals surface area (Å²) in [6.45, 7) is 2.69. The number of hydrogen-bond donors (Lipinski definition) is 1. The van der Waals surface area contributed by atoms with Crippen LogP contribution in [0.5, 0.6) is 0 Å². The number of carbonyl (C=O) groups excluding carboxylic acids is 3. The van der Waals surface area contributed by atoms with Crippen molar-refractivity contribution in [2.75, 3.05) is 26.3 Å². The van der Waals surface area contributed by atoms with E-state index < -0.39 is 18.5 Å². The van der Waals surface area contributed by atoms with Crippen LogP contribution in [0.1, 0.15) is 30.3 Å². The average molecular weight is 409 g/mol. The minimum Gasteiger partial charge on any atom is -0.450 e. The van der Waals surface area contributed by atoms with Crippen molar-refractivity contribution in [3.63, 3.8) is 0 Å². The van der Waals surface area contributed by atoms with Crippen molar-refractivity contribution in [1.82, 2.24) is 10.2 Å². The second-order valence-electron chi connectivity index (χ2n) is 6.40. The number of ether oxygens (including phenoxy) is 2. The monoisotopic (exact) mass is 408 g/mol. The lowest BCUT2D eigenvalue weighted by molar-refractivity contribution is -0.125. The van der Waals surface area contributed by atoms with Crippen LogP contribution in [0, 0.1) is 0 Å². The highest BCUT2D eigenvalue weighted by Crippen LogP contribution is 2.23. The van der Waals surface area contributed by atoms with E-state index in [1.807, 2.05) is 0 Å². The van der Waals surface area contributed by atoms with Crippen molar-refractivity contribution >= 4 is 40.5 Å². The molecule has 3 rings (SSSR count). The molecule has 2 amide bonds. The maximum Gasteiger partial charge on any atom is 0.409 e. The summed E-state index contributed by atoms with van der Waals surface area (Å²) in [6.07, 6.45) is 0.888. The average Bonchev–Trinajstić information content (AvgIpc) is 3.10. The van der Waals surface area contributed by atoms with Gasteiger partial charge in [0.05, 0.1) is 6.61 Å². The van der Waals surface area contributed by atoms with Crippen molar-refractivity contribution in [1.29, 1.82) is 0 Å². The standard InChI is InChI=1S/C19H21ClN2O6/c1-2-26-19(25)22-7-5-14(6-8-22)21-17(23)11-27-18(24)16-10-12-9-13(20)3-4-15(12)28-16/h3-4,9-10,14H,2,5-8,11H2,1H3,(H,21,23). The summed E-state index contributed by atoms with van der Waals surface area (Å²) in [6, 6.07) is 6.43. The minimum atomic E-state index is -0.723. The van der Waals surface area contributed by atoms with Crippen LogP contribution in [-0.2, 0) is 14.3 Å². The van der Waals surface area contributed by atoms with Gasteiger partial charge >= 0.3 is 12.1 Å². The molecule has 0 bridgehead atoms. The van der Waals surface area contributed by atoms with E-state index in [2.05, 4.69) is 5.32 Å². The maximum absolute atomic E-state index is 12.1. The lowest BCUT2D eigenvalue weighted by Gasteiger charge is -2.31. The number of furan rings is 1. The number of nitrogens with one attached hydrogen (secondary N) is 1. The zero-order valence-electron chi connectivity index (χ0n) is 15.4. The molecule has 0 spiro atoms. The van der Waals surface area contributed by atoms with Crippen molar-refractivity contribution in [3.8, 4) is 0 Å². The van der Waals surface area contributed by atoms with Crippen LogP contribution in [0.2, 0.25) is 5.02 Å². The van der Waals surface area contributed by atoms with Gasteiger partial charge in [0.1, 0.15) is 5.58 Å². The molecule has 1 aromatic carbocycles. The van der Waals surface area contributed by atoms with Gasteiger partial charge in [0.15, 0.2) is 6.61 Å². The molecule has 1 saturated heterocycles. The fourth-order valence-corrected chi connectivity index (χ4v) is 3.19. The SMILES string of the molecule is CCOC(=O)N1CCC(NC(=O)COC(=O)c2cc3cc(Cl)ccc3o2)CC1. The first-order valence-corrected chi connectivity index (χ1v) is 9.41. The molecule has 1 fully saturated rings. The highest BCUT2D eigenvalue weighted by atomic mass is 35.5. The Morgan fingerprint density at radius 2 is 1.96 bits per heavy atom. The van der Waals surface area contributed by atoms with Crippen molar-refractivity contribution < 1.29 is 28.3 Å². The van der Waals surface area contributed by atoms with Crippen LogP contribution >= 0.6 is 11.6 Å². The van der Waals surface area contributed by atoms with E-state index in [-0.39, 0.29) is 17.9 Å². The largest absolute Gasteiger partial charge is 0.450 e. The number of benzene rings is 1. The van der Waals surface area contributed by atoms with Crippen LogP contribution in [0.4, 0.5) is 4.79 Å². The summed E-state index contributed by atoms with van der Waals surface area (Å²) >= 11 is 5.91. The van der Waals surface area contributed by atoms with Crippen LogP contribution in [-0.4, -0.2) is 55.2 Å². The van der Waals surface area contributed by atoms with Gasteiger partial charge in [-0.05, 0) is 44.0 Å². The summed E-state index contributed by atoms with van der Waals surface area (Å²) in [5.41, 5.74) is 0.508. The Morgan fingerprint density at radius 1 is 1.21 bits per heavy atom. The van der Waals surface area contributed by atoms with Gasteiger partial charge in [-0.1, -0.05) is 11.6 Å². The van der Waals surface area contributed by atoms with E-state index in [4.69, 9.17) is 25.5 Å². The molecule has 2 aromatic rings. The number of rotatable bonds is 5. The van der Waals surface area contributed by atoms with E-state index in [9.17, 15) is 14.4 Å². The van der Waals surface area contributed by atoms with Crippen LogP contribution in [0.3, 0.4) is 0 Å². The first-order valence-electron chi connectivity index (χ1n) is 9.03. The van der Waals surface area contributed by atoms with Crippen molar-refractivity contribution in [3.05, 3.63) is 35.0 Å². The summed E-state index contributed by atoms with van der Waals surface area (Å²) in [5.74, 6) is -1.12. The fraction of sp³-hybridized carbons (Fsp3) is 0.421. The first-order chi connectivity index (χ1) is 13.5. The third-order valence-corrected chi connectivity index (χ3v) is 4.64. The number of hydrogen-bond acceptors (Lipinski definition) is 6. The molecule has 28 heavy (non-hydrogen) atoms. The van der Waals surface area contributed by atoms with Crippen molar-refractivity contribution in [2.24, 2.45) is 0 Å². The highest BCUT2D eigenvalue weighted by Gasteiger charge is 2.25. The molecular formula is C19H21ClN2O6. The second kappa shape index (κ2) is 8.97. The highest BCUT2D eigenvalue weighted by molar-refractivity contribution is 6.31.